The van der Waals surface area contributed by atoms with E-state index < -0.39 is 0 Å². The van der Waals surface area contributed by atoms with Gasteiger partial charge in [0.1, 0.15) is 18.4 Å². The average Bonchev–Trinajstić information content (AvgIpc) is 3.21. The quantitative estimate of drug-likeness (QED) is 0.701. The highest BCUT2D eigenvalue weighted by atomic mass is 16.5. The van der Waals surface area contributed by atoms with Gasteiger partial charge < -0.3 is 14.4 Å². The summed E-state index contributed by atoms with van der Waals surface area (Å²) < 4.78 is 14.2. The maximum atomic E-state index is 6.36. The van der Waals surface area contributed by atoms with Crippen LogP contribution in [0.2, 0.25) is 0 Å². The van der Waals surface area contributed by atoms with Crippen LogP contribution in [-0.4, -0.2) is 52.5 Å². The zero-order valence-corrected chi connectivity index (χ0v) is 16.3. The topological polar surface area (TPSA) is 52.4 Å². The van der Waals surface area contributed by atoms with Gasteiger partial charge >= 0.3 is 0 Å². The molecule has 6 heteroatoms. The van der Waals surface area contributed by atoms with Crippen molar-refractivity contribution >= 4 is 0 Å². The van der Waals surface area contributed by atoms with E-state index in [9.17, 15) is 0 Å². The minimum Gasteiger partial charge on any atom is -0.494 e. The monoisotopic (exact) mass is 370 g/mol. The van der Waals surface area contributed by atoms with Gasteiger partial charge in [0.25, 0.3) is 0 Å². The summed E-state index contributed by atoms with van der Waals surface area (Å²) in [7, 11) is 0. The summed E-state index contributed by atoms with van der Waals surface area (Å²) in [4.78, 5) is 6.52. The van der Waals surface area contributed by atoms with Gasteiger partial charge in [-0.2, -0.15) is 5.10 Å². The lowest BCUT2D eigenvalue weighted by atomic mass is 9.79. The number of likely N-dealkylation sites (tertiary alicyclic amines) is 1. The predicted octanol–water partition coefficient (Wildman–Crippen LogP) is 3.02. The van der Waals surface area contributed by atoms with Crippen LogP contribution in [0.3, 0.4) is 0 Å². The Bertz CT molecular complexity index is 724. The van der Waals surface area contributed by atoms with Crippen molar-refractivity contribution < 1.29 is 9.47 Å². The molecule has 3 heterocycles. The van der Waals surface area contributed by atoms with Crippen molar-refractivity contribution in [1.82, 2.24) is 19.7 Å². The summed E-state index contributed by atoms with van der Waals surface area (Å²) in [5.41, 5.74) is 2.71. The summed E-state index contributed by atoms with van der Waals surface area (Å²) in [6.07, 6.45) is 8.62. The highest BCUT2D eigenvalue weighted by Crippen LogP contribution is 2.42. The summed E-state index contributed by atoms with van der Waals surface area (Å²) in [6.45, 7) is 8.05. The third-order valence-electron chi connectivity index (χ3n) is 5.79. The van der Waals surface area contributed by atoms with Crippen LogP contribution in [0.1, 0.15) is 43.7 Å². The molecule has 1 aromatic carbocycles. The minimum absolute atomic E-state index is 0.0799. The van der Waals surface area contributed by atoms with Gasteiger partial charge in [-0.1, -0.05) is 13.0 Å². The smallest absolute Gasteiger partial charge is 0.137 e. The van der Waals surface area contributed by atoms with Gasteiger partial charge in [-0.25, -0.2) is 4.98 Å². The summed E-state index contributed by atoms with van der Waals surface area (Å²) in [5.74, 6) is 0.966. The van der Waals surface area contributed by atoms with Crippen molar-refractivity contribution in [2.24, 2.45) is 0 Å². The largest absolute Gasteiger partial charge is 0.494 e. The molecule has 0 amide bonds. The number of ether oxygens (including phenoxy) is 2. The van der Waals surface area contributed by atoms with Crippen LogP contribution >= 0.6 is 0 Å². The van der Waals surface area contributed by atoms with Gasteiger partial charge in [0.05, 0.1) is 18.8 Å². The molecule has 1 spiro atoms. The first-order valence-corrected chi connectivity index (χ1v) is 10.2. The minimum atomic E-state index is -0.0799. The van der Waals surface area contributed by atoms with Gasteiger partial charge in [-0.05, 0) is 55.5 Å². The molecule has 0 saturated carbocycles. The van der Waals surface area contributed by atoms with Crippen molar-refractivity contribution in [2.75, 3.05) is 32.8 Å². The average molecular weight is 370 g/mol. The van der Waals surface area contributed by atoms with E-state index in [4.69, 9.17) is 9.47 Å². The standard InChI is InChI=1S/C21H30N4O2/c1-2-9-24-11-7-21(8-12-24)20-5-4-19(15-18(20)6-14-27-21)26-13-3-10-25-17-22-16-23-25/h4-5,15-17H,2-3,6-14H2,1H3. The van der Waals surface area contributed by atoms with Gasteiger partial charge in [-0.3, -0.25) is 4.68 Å². The van der Waals surface area contributed by atoms with Crippen molar-refractivity contribution in [3.63, 3.8) is 0 Å². The van der Waals surface area contributed by atoms with Crippen LogP contribution in [0.4, 0.5) is 0 Å². The van der Waals surface area contributed by atoms with Crippen molar-refractivity contribution in [2.45, 2.75) is 51.2 Å². The van der Waals surface area contributed by atoms with E-state index in [0.29, 0.717) is 6.61 Å². The molecule has 1 fully saturated rings. The number of piperidine rings is 1. The molecule has 4 rings (SSSR count). The molecule has 2 aromatic rings. The number of aryl methyl sites for hydroxylation is 1. The first-order chi connectivity index (χ1) is 13.3. The SMILES string of the molecule is CCCN1CCC2(CC1)OCCc1cc(OCCCn3cncn3)ccc12. The van der Waals surface area contributed by atoms with Gasteiger partial charge in [0.15, 0.2) is 0 Å². The van der Waals surface area contributed by atoms with E-state index in [-0.39, 0.29) is 5.60 Å². The molecule has 0 radical (unpaired) electrons. The van der Waals surface area contributed by atoms with Crippen molar-refractivity contribution in [3.8, 4) is 5.75 Å². The normalized spacial score (nSPS) is 19.1. The highest BCUT2D eigenvalue weighted by Gasteiger charge is 2.40. The predicted molar refractivity (Wildman–Crippen MR) is 104 cm³/mol. The Morgan fingerprint density at radius 3 is 2.89 bits per heavy atom. The molecule has 1 saturated heterocycles. The summed E-state index contributed by atoms with van der Waals surface area (Å²) in [6, 6.07) is 6.59. The second-order valence-corrected chi connectivity index (χ2v) is 7.61. The van der Waals surface area contributed by atoms with Gasteiger partial charge in [0, 0.05) is 26.1 Å². The maximum Gasteiger partial charge on any atom is 0.137 e. The van der Waals surface area contributed by atoms with E-state index >= 15 is 0 Å². The summed E-state index contributed by atoms with van der Waals surface area (Å²) in [5, 5.41) is 4.12. The van der Waals surface area contributed by atoms with E-state index in [0.717, 1.165) is 57.7 Å². The Morgan fingerprint density at radius 2 is 2.11 bits per heavy atom. The first kappa shape index (κ1) is 18.4. The third kappa shape index (κ3) is 4.17. The van der Waals surface area contributed by atoms with Crippen LogP contribution in [-0.2, 0) is 23.3 Å². The molecule has 27 heavy (non-hydrogen) atoms. The number of nitrogens with zero attached hydrogens (tertiary/aromatic N) is 4. The van der Waals surface area contributed by atoms with Gasteiger partial charge in [-0.15, -0.1) is 0 Å². The second-order valence-electron chi connectivity index (χ2n) is 7.61. The first-order valence-electron chi connectivity index (χ1n) is 10.2. The molecule has 1 aromatic heterocycles. The number of hydrogen-bond donors (Lipinski definition) is 0. The number of benzene rings is 1. The van der Waals surface area contributed by atoms with Crippen molar-refractivity contribution in [3.05, 3.63) is 42.0 Å². The molecule has 146 valence electrons. The Kier molecular flexibility index (Phi) is 5.74. The Morgan fingerprint density at radius 1 is 1.22 bits per heavy atom. The lowest BCUT2D eigenvalue weighted by Gasteiger charge is -2.45. The van der Waals surface area contributed by atoms with E-state index in [1.54, 1.807) is 12.7 Å². The van der Waals surface area contributed by atoms with Crippen LogP contribution < -0.4 is 4.74 Å². The molecule has 6 nitrogen and oxygen atoms in total. The molecule has 2 aliphatic heterocycles. The number of fused-ring (bicyclic) bond motifs is 2. The molecule has 0 aliphatic carbocycles. The molecular weight excluding hydrogens is 340 g/mol. The summed E-state index contributed by atoms with van der Waals surface area (Å²) >= 11 is 0. The van der Waals surface area contributed by atoms with Crippen LogP contribution in [0.15, 0.2) is 30.9 Å². The Hall–Kier alpha value is -1.92. The lowest BCUT2D eigenvalue weighted by molar-refractivity contribution is -0.0978. The third-order valence-corrected chi connectivity index (χ3v) is 5.79. The van der Waals surface area contributed by atoms with E-state index in [2.05, 4.69) is 40.1 Å². The second kappa shape index (κ2) is 8.40. The number of aromatic nitrogens is 3. The van der Waals surface area contributed by atoms with Crippen molar-refractivity contribution in [1.29, 1.82) is 0 Å². The molecule has 0 atom stereocenters. The highest BCUT2D eigenvalue weighted by molar-refractivity contribution is 5.41. The van der Waals surface area contributed by atoms with Crippen LogP contribution in [0, 0.1) is 0 Å². The maximum absolute atomic E-state index is 6.36. The van der Waals surface area contributed by atoms with Gasteiger partial charge in [0.2, 0.25) is 0 Å². The number of rotatable bonds is 7. The Balaban J connectivity index is 1.37. The van der Waals surface area contributed by atoms with E-state index in [1.807, 2.05) is 4.68 Å². The molecule has 0 unspecified atom stereocenters. The zero-order valence-electron chi connectivity index (χ0n) is 16.3. The molecule has 2 aliphatic rings. The molecule has 0 bridgehead atoms. The number of hydrogen-bond acceptors (Lipinski definition) is 5. The van der Waals surface area contributed by atoms with Crippen LogP contribution in [0.5, 0.6) is 5.75 Å². The fourth-order valence-electron chi connectivity index (χ4n) is 4.38. The molecular formula is C21H30N4O2. The lowest BCUT2D eigenvalue weighted by Crippen LogP contribution is -2.46. The zero-order chi connectivity index (χ0) is 18.5. The molecule has 0 N–H and O–H groups in total. The van der Waals surface area contributed by atoms with Crippen LogP contribution in [0.25, 0.3) is 0 Å². The van der Waals surface area contributed by atoms with E-state index in [1.165, 1.54) is 24.1 Å². The fraction of sp³-hybridized carbons (Fsp3) is 0.619. The Labute approximate surface area is 161 Å². The fourth-order valence-corrected chi connectivity index (χ4v) is 4.38.